The third kappa shape index (κ3) is 9.40. The molecule has 2 aromatic rings. The van der Waals surface area contributed by atoms with Crippen LogP contribution in [-0.4, -0.2) is 48.7 Å². The zero-order valence-corrected chi connectivity index (χ0v) is 21.3. The van der Waals surface area contributed by atoms with E-state index in [1.165, 1.54) is 35.9 Å². The lowest BCUT2D eigenvalue weighted by molar-refractivity contribution is -0.113. The molecule has 14 heteroatoms. The number of rotatable bonds is 9. The van der Waals surface area contributed by atoms with Gasteiger partial charge in [0, 0.05) is 18.0 Å². The number of thiophene rings is 1. The maximum Gasteiger partial charge on any atom is 0.321 e. The van der Waals surface area contributed by atoms with Crippen molar-refractivity contribution in [2.24, 2.45) is 5.16 Å². The first kappa shape index (κ1) is 29.0. The summed E-state index contributed by atoms with van der Waals surface area (Å²) in [7, 11) is 1.19. The number of imide groups is 1. The highest BCUT2D eigenvalue weighted by molar-refractivity contribution is 7.17. The molecule has 35 heavy (non-hydrogen) atoms. The zero-order chi connectivity index (χ0) is 26.2. The minimum absolute atomic E-state index is 0.242. The van der Waals surface area contributed by atoms with E-state index in [0.29, 0.717) is 17.8 Å². The van der Waals surface area contributed by atoms with Crippen LogP contribution in [0.4, 0.5) is 9.93 Å². The lowest BCUT2D eigenvalue weighted by Crippen LogP contribution is -2.42. The molecule has 0 radical (unpaired) electrons. The molecule has 0 fully saturated rings. The van der Waals surface area contributed by atoms with Gasteiger partial charge >= 0.3 is 6.03 Å². The number of oxime groups is 1. The minimum Gasteiger partial charge on any atom is -0.398 e. The maximum atomic E-state index is 12.4. The summed E-state index contributed by atoms with van der Waals surface area (Å²) < 4.78 is 0. The van der Waals surface area contributed by atoms with E-state index in [9.17, 15) is 19.6 Å². The number of hydrogen-bond donors (Lipinski definition) is 4. The molecular formula is C21H26N8O4S2. The van der Waals surface area contributed by atoms with Crippen molar-refractivity contribution < 1.29 is 19.2 Å². The van der Waals surface area contributed by atoms with E-state index in [4.69, 9.17) is 5.26 Å². The Balaban J connectivity index is 0.000000383. The fourth-order valence-corrected chi connectivity index (χ4v) is 4.13. The second-order valence-electron chi connectivity index (χ2n) is 6.28. The molecule has 0 aromatic carbocycles. The van der Waals surface area contributed by atoms with Crippen LogP contribution < -0.4 is 21.3 Å². The van der Waals surface area contributed by atoms with Gasteiger partial charge in [-0.25, -0.2) is 9.78 Å². The Labute approximate surface area is 211 Å². The quantitative estimate of drug-likeness (QED) is 0.288. The first-order valence-electron chi connectivity index (χ1n) is 10.4. The highest BCUT2D eigenvalue weighted by Gasteiger charge is 2.21. The smallest absolute Gasteiger partial charge is 0.321 e. The van der Waals surface area contributed by atoms with Gasteiger partial charge in [-0.05, 0) is 31.7 Å². The summed E-state index contributed by atoms with van der Waals surface area (Å²) in [5, 5.41) is 33.5. The molecule has 0 aliphatic rings. The second-order valence-corrected chi connectivity index (χ2v) is 8.26. The number of nitrogens with zero attached hydrogens (tertiary/aromatic N) is 4. The summed E-state index contributed by atoms with van der Waals surface area (Å²) in [5.74, 6) is -1.14. The lowest BCUT2D eigenvalue weighted by atomic mass is 10.2. The van der Waals surface area contributed by atoms with Crippen LogP contribution in [0.3, 0.4) is 0 Å². The Bertz CT molecular complexity index is 1100. The number of nitriles is 2. The van der Waals surface area contributed by atoms with Crippen LogP contribution in [0.1, 0.15) is 47.1 Å². The van der Waals surface area contributed by atoms with E-state index in [0.717, 1.165) is 22.2 Å². The minimum atomic E-state index is -0.903. The highest BCUT2D eigenvalue weighted by atomic mass is 32.1. The Kier molecular flexibility index (Phi) is 13.1. The summed E-state index contributed by atoms with van der Waals surface area (Å²) in [6.45, 7) is 6.77. The molecule has 0 spiro atoms. The topological polar surface area (TPSA) is 181 Å². The van der Waals surface area contributed by atoms with Gasteiger partial charge in [0.25, 0.3) is 11.8 Å². The number of amides is 4. The van der Waals surface area contributed by atoms with Gasteiger partial charge in [0.05, 0.1) is 11.8 Å². The maximum absolute atomic E-state index is 12.4. The van der Waals surface area contributed by atoms with Crippen molar-refractivity contribution in [1.29, 1.82) is 10.5 Å². The van der Waals surface area contributed by atoms with Crippen LogP contribution in [0.15, 0.2) is 22.7 Å². The van der Waals surface area contributed by atoms with Crippen LogP contribution >= 0.6 is 22.7 Å². The fourth-order valence-electron chi connectivity index (χ4n) is 2.39. The van der Waals surface area contributed by atoms with Crippen molar-refractivity contribution in [3.05, 3.63) is 33.0 Å². The Hall–Kier alpha value is -4.01. The van der Waals surface area contributed by atoms with Crippen LogP contribution in [0.25, 0.3) is 0 Å². The van der Waals surface area contributed by atoms with Crippen LogP contribution in [0.2, 0.25) is 0 Å². The molecular weight excluding hydrogens is 492 g/mol. The first-order chi connectivity index (χ1) is 16.8. The van der Waals surface area contributed by atoms with Crippen molar-refractivity contribution in [3.63, 3.8) is 0 Å². The van der Waals surface area contributed by atoms with Crippen molar-refractivity contribution in [2.45, 2.75) is 33.2 Å². The average Bonchev–Trinajstić information content (AvgIpc) is 3.52. The van der Waals surface area contributed by atoms with Crippen molar-refractivity contribution in [1.82, 2.24) is 20.9 Å². The number of anilines is 1. The molecule has 0 aliphatic carbocycles. The zero-order valence-electron chi connectivity index (χ0n) is 19.7. The van der Waals surface area contributed by atoms with E-state index < -0.39 is 23.7 Å². The number of hydrogen-bond acceptors (Lipinski definition) is 11. The average molecular weight is 519 g/mol. The van der Waals surface area contributed by atoms with Gasteiger partial charge in [-0.3, -0.25) is 14.9 Å². The van der Waals surface area contributed by atoms with Gasteiger partial charge in [0.1, 0.15) is 18.1 Å². The number of carbonyl (C=O) groups excluding carboxylic acids is 3. The van der Waals surface area contributed by atoms with E-state index in [-0.39, 0.29) is 5.91 Å². The molecule has 186 valence electrons. The van der Waals surface area contributed by atoms with Gasteiger partial charge in [-0.1, -0.05) is 29.5 Å². The largest absolute Gasteiger partial charge is 0.398 e. The van der Waals surface area contributed by atoms with Crippen molar-refractivity contribution in [2.75, 3.05) is 25.5 Å². The number of aromatic nitrogens is 1. The summed E-state index contributed by atoms with van der Waals surface area (Å²) >= 11 is 2.78. The lowest BCUT2D eigenvalue weighted by Gasteiger charge is -2.09. The Morgan fingerprint density at radius 1 is 1.23 bits per heavy atom. The molecule has 12 nitrogen and oxygen atoms in total. The summed E-state index contributed by atoms with van der Waals surface area (Å²) in [6, 6.07) is 6.01. The predicted octanol–water partition coefficient (Wildman–Crippen LogP) is 2.55. The Morgan fingerprint density at radius 2 is 1.97 bits per heavy atom. The molecule has 0 aliphatic heterocycles. The first-order valence-corrected chi connectivity index (χ1v) is 12.1. The van der Waals surface area contributed by atoms with E-state index in [2.05, 4.69) is 37.0 Å². The number of urea groups is 1. The SMILES string of the molecule is CCNC(=O)NC(=O)/C(C#N)=N/OC.CCNc1nc(CC)c(C(=O)NC(C#N)c2cccs2)s1. The molecule has 2 heterocycles. The Morgan fingerprint density at radius 3 is 2.49 bits per heavy atom. The second kappa shape index (κ2) is 15.8. The number of nitrogens with one attached hydrogen (secondary N) is 4. The summed E-state index contributed by atoms with van der Waals surface area (Å²) in [5.41, 5.74) is 0.245. The predicted molar refractivity (Wildman–Crippen MR) is 133 cm³/mol. The van der Waals surface area contributed by atoms with Crippen LogP contribution in [0, 0.1) is 22.7 Å². The number of carbonyl (C=O) groups is 3. The van der Waals surface area contributed by atoms with Crippen molar-refractivity contribution in [3.8, 4) is 12.1 Å². The fraction of sp³-hybridized carbons (Fsp3) is 0.381. The molecule has 1 atom stereocenters. The molecule has 0 bridgehead atoms. The molecule has 1 unspecified atom stereocenters. The third-order valence-corrected chi connectivity index (χ3v) is 5.86. The van der Waals surface area contributed by atoms with Gasteiger partial charge < -0.3 is 20.8 Å². The standard InChI is InChI=1S/C14H16N4OS2.C7H10N4O3/c1-3-9-12(21-14(18-9)16-4-2)13(19)17-10(8-15)11-6-5-7-20-11;1-3-9-7(13)10-6(12)5(4-8)11-14-2/h5-7,10H,3-4H2,1-2H3,(H,16,18)(H,17,19);3H2,1-2H3,(H2,9,10,12,13)/b;11-5+. The van der Waals surface area contributed by atoms with E-state index in [1.54, 1.807) is 6.92 Å². The third-order valence-electron chi connectivity index (χ3n) is 3.87. The van der Waals surface area contributed by atoms with E-state index >= 15 is 0 Å². The molecule has 0 saturated carbocycles. The van der Waals surface area contributed by atoms with E-state index in [1.807, 2.05) is 36.7 Å². The number of thiazole rings is 1. The van der Waals surface area contributed by atoms with Crippen molar-refractivity contribution >= 4 is 51.4 Å². The molecule has 4 amide bonds. The van der Waals surface area contributed by atoms with Crippen LogP contribution in [-0.2, 0) is 16.1 Å². The van der Waals surface area contributed by atoms with Gasteiger partial charge in [0.15, 0.2) is 11.2 Å². The highest BCUT2D eigenvalue weighted by Crippen LogP contribution is 2.25. The molecule has 4 N–H and O–H groups in total. The molecule has 0 saturated heterocycles. The monoisotopic (exact) mass is 518 g/mol. The van der Waals surface area contributed by atoms with Gasteiger partial charge in [-0.15, -0.1) is 11.3 Å². The van der Waals surface area contributed by atoms with Gasteiger partial charge in [-0.2, -0.15) is 10.5 Å². The molecule has 2 rings (SSSR count). The van der Waals surface area contributed by atoms with Crippen LogP contribution in [0.5, 0.6) is 0 Å². The normalized spacial score (nSPS) is 11.0. The van der Waals surface area contributed by atoms with Gasteiger partial charge in [0.2, 0.25) is 5.71 Å². The summed E-state index contributed by atoms with van der Waals surface area (Å²) in [4.78, 5) is 44.3. The molecule has 2 aromatic heterocycles. The number of aryl methyl sites for hydroxylation is 1. The summed E-state index contributed by atoms with van der Waals surface area (Å²) in [6.07, 6.45) is 0.681.